The minimum atomic E-state index is -4.28. The molecule has 0 atom stereocenters. The van der Waals surface area contributed by atoms with Crippen LogP contribution in [0.5, 0.6) is 0 Å². The maximum atomic E-state index is 11.9. The van der Waals surface area contributed by atoms with Gasteiger partial charge in [0.1, 0.15) is 11.6 Å². The Balaban J connectivity index is 2.62. The third kappa shape index (κ3) is 5.64. The molecule has 0 saturated heterocycles. The number of pyridine rings is 1. The van der Waals surface area contributed by atoms with Gasteiger partial charge in [0.2, 0.25) is 0 Å². The minimum Gasteiger partial charge on any atom is -0.373 e. The van der Waals surface area contributed by atoms with Crippen molar-refractivity contribution in [1.29, 1.82) is 0 Å². The van der Waals surface area contributed by atoms with Gasteiger partial charge in [0.05, 0.1) is 17.1 Å². The molecule has 19 heavy (non-hydrogen) atoms. The summed E-state index contributed by atoms with van der Waals surface area (Å²) >= 11 is -0.167. The van der Waals surface area contributed by atoms with Gasteiger partial charge in [0.15, 0.2) is 0 Å². The Morgan fingerprint density at radius 2 is 2.05 bits per heavy atom. The summed E-state index contributed by atoms with van der Waals surface area (Å²) in [6, 6.07) is 2.40. The highest BCUT2D eigenvalue weighted by Crippen LogP contribution is 2.29. The van der Waals surface area contributed by atoms with Gasteiger partial charge in [-0.05, 0) is 11.8 Å². The first-order valence-electron chi connectivity index (χ1n) is 5.10. The molecule has 0 fully saturated rings. The molecule has 1 aromatic heterocycles. The van der Waals surface area contributed by atoms with Crippen molar-refractivity contribution in [1.82, 2.24) is 4.98 Å². The molecule has 2 N–H and O–H groups in total. The number of hydrogen-bond acceptors (Lipinski definition) is 6. The number of nitrogens with zero attached hydrogens (tertiary/aromatic N) is 2. The van der Waals surface area contributed by atoms with E-state index in [1.54, 1.807) is 0 Å². The van der Waals surface area contributed by atoms with Crippen molar-refractivity contribution in [2.75, 3.05) is 30.0 Å². The summed E-state index contributed by atoms with van der Waals surface area (Å²) in [6.45, 7) is 0.00149. The molecule has 0 aromatic carbocycles. The van der Waals surface area contributed by atoms with Crippen molar-refractivity contribution in [2.24, 2.45) is 0 Å². The first-order chi connectivity index (χ1) is 8.81. The lowest BCUT2D eigenvalue weighted by Crippen LogP contribution is -2.11. The summed E-state index contributed by atoms with van der Waals surface area (Å²) < 4.78 is 35.7. The van der Waals surface area contributed by atoms with Gasteiger partial charge in [-0.3, -0.25) is 10.1 Å². The van der Waals surface area contributed by atoms with Crippen LogP contribution in [0.25, 0.3) is 0 Å². The van der Waals surface area contributed by atoms with Crippen molar-refractivity contribution in [3.8, 4) is 0 Å². The van der Waals surface area contributed by atoms with Crippen LogP contribution in [0, 0.1) is 10.1 Å². The maximum Gasteiger partial charge on any atom is 0.441 e. The van der Waals surface area contributed by atoms with Crippen LogP contribution in [0.4, 0.5) is 30.5 Å². The molecule has 106 valence electrons. The van der Waals surface area contributed by atoms with Gasteiger partial charge in [0.25, 0.3) is 5.69 Å². The van der Waals surface area contributed by atoms with Crippen LogP contribution in [-0.2, 0) is 0 Å². The van der Waals surface area contributed by atoms with Crippen molar-refractivity contribution in [3.63, 3.8) is 0 Å². The fourth-order valence-corrected chi connectivity index (χ4v) is 1.62. The van der Waals surface area contributed by atoms with E-state index in [9.17, 15) is 23.3 Å². The second kappa shape index (κ2) is 6.45. The van der Waals surface area contributed by atoms with Crippen LogP contribution in [0.3, 0.4) is 0 Å². The van der Waals surface area contributed by atoms with E-state index < -0.39 is 10.4 Å². The standard InChI is InChI=1S/C9H11F3N4O2S/c1-13-7-4-6(16(17)18)5-8(15-7)14-2-3-19-9(10,11)12/h4-5H,2-3H2,1H3,(H2,13,14,15). The van der Waals surface area contributed by atoms with Crippen LogP contribution in [-0.4, -0.2) is 34.8 Å². The molecule has 1 aromatic rings. The van der Waals surface area contributed by atoms with Gasteiger partial charge in [-0.2, -0.15) is 13.2 Å². The van der Waals surface area contributed by atoms with E-state index in [0.717, 1.165) is 0 Å². The van der Waals surface area contributed by atoms with Crippen molar-refractivity contribution < 1.29 is 18.1 Å². The Bertz CT molecular complexity index is 456. The number of aromatic nitrogens is 1. The summed E-state index contributed by atoms with van der Waals surface area (Å²) in [7, 11) is 1.54. The highest BCUT2D eigenvalue weighted by molar-refractivity contribution is 8.00. The Hall–Kier alpha value is -1.71. The summed E-state index contributed by atoms with van der Waals surface area (Å²) in [6.07, 6.45) is 0. The third-order valence-electron chi connectivity index (χ3n) is 1.95. The topological polar surface area (TPSA) is 80.1 Å². The molecule has 0 radical (unpaired) electrons. The number of halogens is 3. The van der Waals surface area contributed by atoms with Crippen LogP contribution in [0.1, 0.15) is 0 Å². The average Bonchev–Trinajstić information content (AvgIpc) is 2.33. The van der Waals surface area contributed by atoms with Crippen molar-refractivity contribution >= 4 is 29.1 Å². The highest BCUT2D eigenvalue weighted by atomic mass is 32.2. The van der Waals surface area contributed by atoms with Crippen molar-refractivity contribution in [2.45, 2.75) is 5.51 Å². The average molecular weight is 296 g/mol. The number of nitrogens with one attached hydrogen (secondary N) is 2. The molecule has 0 aliphatic heterocycles. The van der Waals surface area contributed by atoms with E-state index in [-0.39, 0.29) is 41.4 Å². The highest BCUT2D eigenvalue weighted by Gasteiger charge is 2.27. The van der Waals surface area contributed by atoms with Crippen molar-refractivity contribution in [3.05, 3.63) is 22.2 Å². The largest absolute Gasteiger partial charge is 0.441 e. The Labute approximate surface area is 110 Å². The predicted octanol–water partition coefficient (Wildman–Crippen LogP) is 2.70. The zero-order valence-corrected chi connectivity index (χ0v) is 10.6. The fourth-order valence-electron chi connectivity index (χ4n) is 1.19. The second-order valence-corrected chi connectivity index (χ2v) is 4.48. The summed E-state index contributed by atoms with van der Waals surface area (Å²) in [4.78, 5) is 14.0. The molecule has 0 unspecified atom stereocenters. The zero-order chi connectivity index (χ0) is 14.5. The molecule has 0 aliphatic rings. The summed E-state index contributed by atoms with van der Waals surface area (Å²) in [5.41, 5.74) is -4.47. The number of thioether (sulfide) groups is 1. The molecule has 1 rings (SSSR count). The van der Waals surface area contributed by atoms with Crippen LogP contribution in [0.15, 0.2) is 12.1 Å². The minimum absolute atomic E-state index is 0.00149. The molecule has 0 spiro atoms. The van der Waals surface area contributed by atoms with E-state index >= 15 is 0 Å². The fraction of sp³-hybridized carbons (Fsp3) is 0.444. The number of alkyl halides is 3. The lowest BCUT2D eigenvalue weighted by atomic mass is 10.3. The Morgan fingerprint density at radius 1 is 1.42 bits per heavy atom. The van der Waals surface area contributed by atoms with Gasteiger partial charge in [0, 0.05) is 19.3 Å². The lowest BCUT2D eigenvalue weighted by molar-refractivity contribution is -0.384. The Kier molecular flexibility index (Phi) is 5.21. The quantitative estimate of drug-likeness (QED) is 0.477. The predicted molar refractivity (Wildman–Crippen MR) is 67.4 cm³/mol. The van der Waals surface area contributed by atoms with Gasteiger partial charge < -0.3 is 10.6 Å². The summed E-state index contributed by atoms with van der Waals surface area (Å²) in [5.74, 6) is 0.212. The van der Waals surface area contributed by atoms with Crippen LogP contribution >= 0.6 is 11.8 Å². The molecular formula is C9H11F3N4O2S. The number of rotatable bonds is 6. The van der Waals surface area contributed by atoms with Gasteiger partial charge in [-0.25, -0.2) is 4.98 Å². The molecule has 0 bridgehead atoms. The smallest absolute Gasteiger partial charge is 0.373 e. The summed E-state index contributed by atoms with van der Waals surface area (Å²) in [5, 5.41) is 15.9. The first kappa shape index (κ1) is 15.3. The number of nitro groups is 1. The van der Waals surface area contributed by atoms with E-state index in [2.05, 4.69) is 15.6 Å². The number of anilines is 2. The molecule has 0 amide bonds. The monoisotopic (exact) mass is 296 g/mol. The van der Waals surface area contributed by atoms with Gasteiger partial charge in [-0.15, -0.1) is 0 Å². The Morgan fingerprint density at radius 3 is 2.58 bits per heavy atom. The maximum absolute atomic E-state index is 11.9. The molecule has 0 saturated carbocycles. The van der Waals surface area contributed by atoms with E-state index in [1.807, 2.05) is 0 Å². The molecular weight excluding hydrogens is 285 g/mol. The van der Waals surface area contributed by atoms with Gasteiger partial charge >= 0.3 is 5.51 Å². The normalized spacial score (nSPS) is 11.2. The van der Waals surface area contributed by atoms with E-state index in [1.165, 1.54) is 19.2 Å². The lowest BCUT2D eigenvalue weighted by Gasteiger charge is -2.08. The van der Waals surface area contributed by atoms with Gasteiger partial charge in [-0.1, -0.05) is 0 Å². The van der Waals surface area contributed by atoms with Crippen LogP contribution < -0.4 is 10.6 Å². The van der Waals surface area contributed by atoms with Crippen LogP contribution in [0.2, 0.25) is 0 Å². The molecule has 0 aliphatic carbocycles. The first-order valence-corrected chi connectivity index (χ1v) is 6.09. The molecule has 6 nitrogen and oxygen atoms in total. The number of hydrogen-bond donors (Lipinski definition) is 2. The van der Waals surface area contributed by atoms with E-state index in [0.29, 0.717) is 0 Å². The second-order valence-electron chi connectivity index (χ2n) is 3.32. The zero-order valence-electron chi connectivity index (χ0n) is 9.82. The third-order valence-corrected chi connectivity index (χ3v) is 2.69. The SMILES string of the molecule is CNc1cc([N+](=O)[O-])cc(NCCSC(F)(F)F)n1. The van der Waals surface area contributed by atoms with E-state index in [4.69, 9.17) is 0 Å². The molecule has 10 heteroatoms. The molecule has 1 heterocycles.